The number of likely N-dealkylation sites (tertiary alicyclic amines) is 1. The Balaban J connectivity index is 1.36. The second-order valence-corrected chi connectivity index (χ2v) is 8.82. The second-order valence-electron chi connectivity index (χ2n) is 7.79. The van der Waals surface area contributed by atoms with Crippen LogP contribution in [0.5, 0.6) is 0 Å². The normalized spacial score (nSPS) is 20.7. The van der Waals surface area contributed by atoms with Crippen LogP contribution in [0.2, 0.25) is 0 Å². The lowest BCUT2D eigenvalue weighted by atomic mass is 9.91. The molecule has 146 valence electrons. The summed E-state index contributed by atoms with van der Waals surface area (Å²) in [6.45, 7) is 5.40. The van der Waals surface area contributed by atoms with Crippen LogP contribution in [-0.4, -0.2) is 51.2 Å². The van der Waals surface area contributed by atoms with Crippen molar-refractivity contribution in [2.75, 3.05) is 31.1 Å². The van der Waals surface area contributed by atoms with Gasteiger partial charge in [-0.1, -0.05) is 6.07 Å². The maximum absolute atomic E-state index is 4.88. The van der Waals surface area contributed by atoms with Gasteiger partial charge in [0.1, 0.15) is 0 Å². The van der Waals surface area contributed by atoms with Crippen molar-refractivity contribution in [1.82, 2.24) is 25.1 Å². The lowest BCUT2D eigenvalue weighted by Gasteiger charge is -2.32. The highest BCUT2D eigenvalue weighted by atomic mass is 32.1. The number of rotatable bonds is 5. The van der Waals surface area contributed by atoms with E-state index >= 15 is 0 Å². The Morgan fingerprint density at radius 3 is 2.93 bits per heavy atom. The number of hydrogen-bond donors (Lipinski definition) is 1. The van der Waals surface area contributed by atoms with E-state index in [0.717, 1.165) is 43.4 Å². The molecule has 3 aromatic heterocycles. The van der Waals surface area contributed by atoms with Crippen molar-refractivity contribution in [3.8, 4) is 11.3 Å². The predicted molar refractivity (Wildman–Crippen MR) is 113 cm³/mol. The standard InChI is InChI=1S/C21H26N6S/c1-2-11-27(10-1)21-22-8-7-19(24-21)18-13-23-25-20(18)16-5-3-9-26(14-16)15-17-6-4-12-28-17/h4,6-8,12-13,16H,1-3,5,9-11,14-15H2,(H,23,25)/t16-/m0/s1. The molecule has 6 nitrogen and oxygen atoms in total. The average molecular weight is 395 g/mol. The van der Waals surface area contributed by atoms with Crippen LogP contribution in [-0.2, 0) is 6.54 Å². The summed E-state index contributed by atoms with van der Waals surface area (Å²) in [5.41, 5.74) is 3.34. The second kappa shape index (κ2) is 8.01. The Kier molecular flexibility index (Phi) is 5.10. The van der Waals surface area contributed by atoms with Crippen molar-refractivity contribution in [3.63, 3.8) is 0 Å². The molecule has 5 heterocycles. The highest BCUT2D eigenvalue weighted by Crippen LogP contribution is 2.33. The third kappa shape index (κ3) is 3.69. The largest absolute Gasteiger partial charge is 0.341 e. The number of aromatic amines is 1. The first-order chi connectivity index (χ1) is 13.9. The number of hydrogen-bond acceptors (Lipinski definition) is 6. The quantitative estimate of drug-likeness (QED) is 0.711. The van der Waals surface area contributed by atoms with Gasteiger partial charge in [-0.25, -0.2) is 9.97 Å². The summed E-state index contributed by atoms with van der Waals surface area (Å²) in [5.74, 6) is 1.32. The number of aromatic nitrogens is 4. The molecule has 0 aromatic carbocycles. The number of thiophene rings is 1. The van der Waals surface area contributed by atoms with Crippen LogP contribution in [0.25, 0.3) is 11.3 Å². The van der Waals surface area contributed by atoms with Crippen LogP contribution in [0.1, 0.15) is 42.2 Å². The predicted octanol–water partition coefficient (Wildman–Crippen LogP) is 3.91. The van der Waals surface area contributed by atoms with Gasteiger partial charge in [-0.3, -0.25) is 10.00 Å². The molecule has 0 aliphatic carbocycles. The average Bonchev–Trinajstić information content (AvgIpc) is 3.50. The molecule has 0 bridgehead atoms. The molecule has 1 atom stereocenters. The van der Waals surface area contributed by atoms with E-state index in [-0.39, 0.29) is 0 Å². The monoisotopic (exact) mass is 394 g/mol. The van der Waals surface area contributed by atoms with E-state index in [1.54, 1.807) is 0 Å². The van der Waals surface area contributed by atoms with E-state index in [4.69, 9.17) is 4.98 Å². The maximum atomic E-state index is 4.88. The fourth-order valence-electron chi connectivity index (χ4n) is 4.44. The van der Waals surface area contributed by atoms with Crippen molar-refractivity contribution in [2.24, 2.45) is 0 Å². The van der Waals surface area contributed by atoms with Gasteiger partial charge in [0.2, 0.25) is 5.95 Å². The van der Waals surface area contributed by atoms with E-state index in [9.17, 15) is 0 Å². The molecule has 0 saturated carbocycles. The zero-order valence-corrected chi connectivity index (χ0v) is 16.9. The minimum Gasteiger partial charge on any atom is -0.341 e. The molecule has 7 heteroatoms. The number of anilines is 1. The van der Waals surface area contributed by atoms with Gasteiger partial charge < -0.3 is 4.90 Å². The maximum Gasteiger partial charge on any atom is 0.225 e. The van der Waals surface area contributed by atoms with Crippen molar-refractivity contribution in [2.45, 2.75) is 38.1 Å². The van der Waals surface area contributed by atoms with Crippen LogP contribution < -0.4 is 4.90 Å². The van der Waals surface area contributed by atoms with Gasteiger partial charge in [-0.05, 0) is 49.7 Å². The van der Waals surface area contributed by atoms with Crippen molar-refractivity contribution < 1.29 is 0 Å². The van der Waals surface area contributed by atoms with Crippen molar-refractivity contribution in [1.29, 1.82) is 0 Å². The molecule has 5 rings (SSSR count). The third-order valence-electron chi connectivity index (χ3n) is 5.85. The van der Waals surface area contributed by atoms with E-state index in [1.807, 2.05) is 29.8 Å². The number of nitrogens with one attached hydrogen (secondary N) is 1. The Morgan fingerprint density at radius 2 is 2.07 bits per heavy atom. The highest BCUT2D eigenvalue weighted by molar-refractivity contribution is 7.09. The zero-order chi connectivity index (χ0) is 18.8. The summed E-state index contributed by atoms with van der Waals surface area (Å²) >= 11 is 1.85. The first kappa shape index (κ1) is 17.8. The summed E-state index contributed by atoms with van der Waals surface area (Å²) in [4.78, 5) is 15.7. The van der Waals surface area contributed by atoms with Gasteiger partial charge in [0, 0.05) is 54.4 Å². The SMILES string of the molecule is c1csc(CN2CCC[C@H](c3[nH]ncc3-c3ccnc(N4CCCC4)n3)C2)c1. The van der Waals surface area contributed by atoms with Crippen molar-refractivity contribution in [3.05, 3.63) is 46.5 Å². The number of piperidine rings is 1. The Morgan fingerprint density at radius 1 is 1.14 bits per heavy atom. The van der Waals surface area contributed by atoms with Crippen LogP contribution in [0.4, 0.5) is 5.95 Å². The summed E-state index contributed by atoms with van der Waals surface area (Å²) in [6.07, 6.45) is 8.69. The van der Waals surface area contributed by atoms with Gasteiger partial charge in [0.25, 0.3) is 0 Å². The van der Waals surface area contributed by atoms with Crippen LogP contribution in [0.3, 0.4) is 0 Å². The van der Waals surface area contributed by atoms with Gasteiger partial charge in [0.05, 0.1) is 11.9 Å². The molecule has 1 N–H and O–H groups in total. The molecule has 2 saturated heterocycles. The Hall–Kier alpha value is -2.25. The first-order valence-electron chi connectivity index (χ1n) is 10.2. The molecule has 2 fully saturated rings. The Bertz CT molecular complexity index is 899. The topological polar surface area (TPSA) is 60.9 Å². The van der Waals surface area contributed by atoms with Crippen LogP contribution in [0, 0.1) is 0 Å². The fourth-order valence-corrected chi connectivity index (χ4v) is 5.18. The summed E-state index contributed by atoms with van der Waals surface area (Å²) < 4.78 is 0. The van der Waals surface area contributed by atoms with Crippen molar-refractivity contribution >= 4 is 17.3 Å². The zero-order valence-electron chi connectivity index (χ0n) is 16.0. The van der Waals surface area contributed by atoms with Crippen LogP contribution >= 0.6 is 11.3 Å². The molecule has 2 aliphatic heterocycles. The molecular formula is C21H26N6S. The molecule has 0 spiro atoms. The van der Waals surface area contributed by atoms with Crippen LogP contribution in [0.15, 0.2) is 36.0 Å². The lowest BCUT2D eigenvalue weighted by Crippen LogP contribution is -2.34. The minimum atomic E-state index is 0.469. The molecule has 0 radical (unpaired) electrons. The number of H-pyrrole nitrogens is 1. The lowest BCUT2D eigenvalue weighted by molar-refractivity contribution is 0.200. The molecule has 0 unspecified atom stereocenters. The van der Waals surface area contributed by atoms with E-state index in [0.29, 0.717) is 5.92 Å². The molecule has 0 amide bonds. The van der Waals surface area contributed by atoms with Gasteiger partial charge in [-0.15, -0.1) is 11.3 Å². The van der Waals surface area contributed by atoms with E-state index in [2.05, 4.69) is 42.5 Å². The smallest absolute Gasteiger partial charge is 0.225 e. The van der Waals surface area contributed by atoms with E-state index in [1.165, 1.54) is 42.8 Å². The highest BCUT2D eigenvalue weighted by Gasteiger charge is 2.26. The van der Waals surface area contributed by atoms with Gasteiger partial charge in [-0.2, -0.15) is 5.10 Å². The Labute approximate surface area is 169 Å². The fraction of sp³-hybridized carbons (Fsp3) is 0.476. The summed E-state index contributed by atoms with van der Waals surface area (Å²) in [5, 5.41) is 9.84. The molecular weight excluding hydrogens is 368 g/mol. The summed E-state index contributed by atoms with van der Waals surface area (Å²) in [7, 11) is 0. The molecule has 28 heavy (non-hydrogen) atoms. The van der Waals surface area contributed by atoms with E-state index < -0.39 is 0 Å². The third-order valence-corrected chi connectivity index (χ3v) is 6.71. The first-order valence-corrected chi connectivity index (χ1v) is 11.1. The summed E-state index contributed by atoms with van der Waals surface area (Å²) in [6, 6.07) is 6.39. The van der Waals surface area contributed by atoms with Gasteiger partial charge >= 0.3 is 0 Å². The minimum absolute atomic E-state index is 0.469. The molecule has 2 aliphatic rings. The number of nitrogens with zero attached hydrogens (tertiary/aromatic N) is 5. The molecule has 3 aromatic rings. The van der Waals surface area contributed by atoms with Gasteiger partial charge in [0.15, 0.2) is 0 Å².